The van der Waals surface area contributed by atoms with Crippen molar-refractivity contribution in [1.29, 1.82) is 0 Å². The van der Waals surface area contributed by atoms with Crippen LogP contribution in [0.5, 0.6) is 0 Å². The third-order valence-corrected chi connectivity index (χ3v) is 6.98. The lowest BCUT2D eigenvalue weighted by molar-refractivity contribution is -0.665. The molecule has 1 saturated carbocycles. The normalized spacial score (nSPS) is 16.5. The molecule has 0 bridgehead atoms. The summed E-state index contributed by atoms with van der Waals surface area (Å²) in [4.78, 5) is 0. The zero-order chi connectivity index (χ0) is 20.7. The van der Waals surface area contributed by atoms with Crippen LogP contribution in [0.25, 0.3) is 22.0 Å². The number of nitrogens with zero attached hydrogens (tertiary/aromatic N) is 1. The zero-order valence-electron chi connectivity index (χ0n) is 19.1. The van der Waals surface area contributed by atoms with E-state index in [1.165, 1.54) is 59.0 Å². The predicted octanol–water partition coefficient (Wildman–Crippen LogP) is 7.12. The van der Waals surface area contributed by atoms with Gasteiger partial charge in [0.25, 0.3) is 0 Å². The number of hydrogen-bond acceptors (Lipinski definition) is 0. The fourth-order valence-electron chi connectivity index (χ4n) is 4.77. The van der Waals surface area contributed by atoms with Gasteiger partial charge in [0.1, 0.15) is 7.05 Å². The van der Waals surface area contributed by atoms with Crippen molar-refractivity contribution in [1.82, 2.24) is 0 Å². The SMILES string of the molecule is [2H]c1c(C)[n+](C)c(-c2cc(C3CCCC3)ccc2C)c2ccc(C(C)CC)cc12. The second-order valence-corrected chi connectivity index (χ2v) is 8.79. The van der Waals surface area contributed by atoms with Gasteiger partial charge in [-0.15, -0.1) is 0 Å². The summed E-state index contributed by atoms with van der Waals surface area (Å²) in [7, 11) is 2.12. The third kappa shape index (κ3) is 3.36. The van der Waals surface area contributed by atoms with E-state index in [4.69, 9.17) is 1.37 Å². The van der Waals surface area contributed by atoms with Gasteiger partial charge in [-0.05, 0) is 72.2 Å². The highest BCUT2D eigenvalue weighted by atomic mass is 14.9. The number of benzene rings is 2. The van der Waals surface area contributed by atoms with Crippen LogP contribution in [0, 0.1) is 13.8 Å². The van der Waals surface area contributed by atoms with Crippen molar-refractivity contribution in [2.45, 2.75) is 71.6 Å². The van der Waals surface area contributed by atoms with Gasteiger partial charge in [0, 0.05) is 18.5 Å². The van der Waals surface area contributed by atoms with E-state index in [-0.39, 0.29) is 0 Å². The highest BCUT2D eigenvalue weighted by molar-refractivity contribution is 5.94. The third-order valence-electron chi connectivity index (χ3n) is 6.98. The first-order chi connectivity index (χ1) is 13.9. The average Bonchev–Trinajstić information content (AvgIpc) is 3.27. The Balaban J connectivity index is 1.97. The lowest BCUT2D eigenvalue weighted by Crippen LogP contribution is -2.35. The number of aromatic nitrogens is 1. The first-order valence-electron chi connectivity index (χ1n) is 11.5. The molecule has 1 aliphatic carbocycles. The Morgan fingerprint density at radius 3 is 2.57 bits per heavy atom. The molecule has 1 heteroatoms. The summed E-state index contributed by atoms with van der Waals surface area (Å²) in [6.07, 6.45) is 6.47. The number of pyridine rings is 1. The Morgan fingerprint density at radius 2 is 1.86 bits per heavy atom. The van der Waals surface area contributed by atoms with Crippen LogP contribution in [0.1, 0.15) is 81.5 Å². The first kappa shape index (κ1) is 17.9. The quantitative estimate of drug-likeness (QED) is 0.429. The summed E-state index contributed by atoms with van der Waals surface area (Å²) in [5.41, 5.74) is 7.73. The Bertz CT molecular complexity index is 1060. The van der Waals surface area contributed by atoms with Crippen LogP contribution >= 0.6 is 0 Å². The maximum Gasteiger partial charge on any atom is 0.220 e. The molecule has 0 aliphatic heterocycles. The van der Waals surface area contributed by atoms with Gasteiger partial charge in [-0.2, -0.15) is 4.57 Å². The molecule has 2 aromatic carbocycles. The first-order valence-corrected chi connectivity index (χ1v) is 11.0. The van der Waals surface area contributed by atoms with E-state index < -0.39 is 0 Å². The smallest absolute Gasteiger partial charge is 0.198 e. The second-order valence-electron chi connectivity index (χ2n) is 8.79. The van der Waals surface area contributed by atoms with Crippen molar-refractivity contribution in [2.75, 3.05) is 0 Å². The molecule has 1 heterocycles. The molecule has 4 rings (SSSR count). The van der Waals surface area contributed by atoms with Gasteiger partial charge in [0.2, 0.25) is 5.69 Å². The lowest BCUT2D eigenvalue weighted by atomic mass is 9.90. The van der Waals surface area contributed by atoms with E-state index in [2.05, 4.69) is 75.7 Å². The van der Waals surface area contributed by atoms with Gasteiger partial charge >= 0.3 is 0 Å². The number of rotatable bonds is 4. The minimum absolute atomic E-state index is 0.518. The molecule has 0 saturated heterocycles. The van der Waals surface area contributed by atoms with Gasteiger partial charge in [0.15, 0.2) is 5.69 Å². The summed E-state index contributed by atoms with van der Waals surface area (Å²) in [5.74, 6) is 1.23. The van der Waals surface area contributed by atoms with Crippen molar-refractivity contribution in [2.24, 2.45) is 7.05 Å². The molecule has 1 aromatic heterocycles. The van der Waals surface area contributed by atoms with E-state index in [0.717, 1.165) is 17.5 Å². The molecule has 0 amide bonds. The fourth-order valence-corrected chi connectivity index (χ4v) is 4.77. The van der Waals surface area contributed by atoms with Crippen LogP contribution in [-0.2, 0) is 7.05 Å². The van der Waals surface area contributed by atoms with Gasteiger partial charge < -0.3 is 0 Å². The van der Waals surface area contributed by atoms with E-state index in [9.17, 15) is 0 Å². The van der Waals surface area contributed by atoms with Crippen LogP contribution in [0.4, 0.5) is 0 Å². The molecule has 3 aromatic rings. The fraction of sp³-hybridized carbons (Fsp3) is 0.444. The van der Waals surface area contributed by atoms with Crippen molar-refractivity contribution in [3.8, 4) is 11.3 Å². The molecule has 0 spiro atoms. The van der Waals surface area contributed by atoms with Crippen molar-refractivity contribution >= 4 is 10.8 Å². The standard InChI is InChI=1S/C27H34N/c1-6-18(2)22-13-14-25-24(16-22)15-20(4)28(5)27(25)26-17-23(12-11-19(26)3)21-9-7-8-10-21/h11-18,21H,6-10H2,1-5H3/q+1/i15D. The molecule has 28 heavy (non-hydrogen) atoms. The van der Waals surface area contributed by atoms with Crippen molar-refractivity contribution in [3.05, 3.63) is 64.8 Å². The highest BCUT2D eigenvalue weighted by Crippen LogP contribution is 2.37. The minimum Gasteiger partial charge on any atom is -0.198 e. The highest BCUT2D eigenvalue weighted by Gasteiger charge is 2.23. The molecule has 0 N–H and O–H groups in total. The van der Waals surface area contributed by atoms with Gasteiger partial charge in [-0.25, -0.2) is 0 Å². The number of aryl methyl sites for hydroxylation is 1. The Labute approximate surface area is 171 Å². The van der Waals surface area contributed by atoms with Gasteiger partial charge in [-0.3, -0.25) is 0 Å². The molecular formula is C27H34N+. The van der Waals surface area contributed by atoms with E-state index in [1.807, 2.05) is 0 Å². The minimum atomic E-state index is 0.518. The predicted molar refractivity (Wildman–Crippen MR) is 120 cm³/mol. The molecular weight excluding hydrogens is 338 g/mol. The molecule has 0 radical (unpaired) electrons. The van der Waals surface area contributed by atoms with E-state index in [1.54, 1.807) is 0 Å². The van der Waals surface area contributed by atoms with Crippen molar-refractivity contribution < 1.29 is 5.94 Å². The Kier molecular flexibility index (Phi) is 4.93. The summed E-state index contributed by atoms with van der Waals surface area (Å²) in [5, 5.41) is 2.28. The maximum atomic E-state index is 8.79. The zero-order valence-corrected chi connectivity index (χ0v) is 18.1. The van der Waals surface area contributed by atoms with Crippen LogP contribution in [-0.4, -0.2) is 0 Å². The van der Waals surface area contributed by atoms with Crippen LogP contribution < -0.4 is 4.57 Å². The monoisotopic (exact) mass is 373 g/mol. The van der Waals surface area contributed by atoms with Gasteiger partial charge in [0.05, 0.1) is 6.76 Å². The van der Waals surface area contributed by atoms with E-state index >= 15 is 0 Å². The molecule has 1 nitrogen and oxygen atoms in total. The number of fused-ring (bicyclic) bond motifs is 1. The Morgan fingerprint density at radius 1 is 1.11 bits per heavy atom. The number of hydrogen-bond donors (Lipinski definition) is 0. The Hall–Kier alpha value is -2.15. The summed E-state index contributed by atoms with van der Waals surface area (Å²) in [6, 6.07) is 14.5. The molecule has 1 atom stereocenters. The second kappa shape index (κ2) is 7.70. The summed E-state index contributed by atoms with van der Waals surface area (Å²) < 4.78 is 11.0. The summed E-state index contributed by atoms with van der Waals surface area (Å²) in [6.45, 7) is 8.81. The molecule has 146 valence electrons. The van der Waals surface area contributed by atoms with E-state index in [0.29, 0.717) is 17.9 Å². The van der Waals surface area contributed by atoms with Gasteiger partial charge in [-0.1, -0.05) is 51.0 Å². The maximum absolute atomic E-state index is 8.79. The largest absolute Gasteiger partial charge is 0.220 e. The molecule has 1 aliphatic rings. The van der Waals surface area contributed by atoms with Crippen molar-refractivity contribution in [3.63, 3.8) is 0 Å². The van der Waals surface area contributed by atoms with Crippen LogP contribution in [0.2, 0.25) is 0 Å². The topological polar surface area (TPSA) is 3.88 Å². The molecule has 1 unspecified atom stereocenters. The van der Waals surface area contributed by atoms with Crippen LogP contribution in [0.3, 0.4) is 0 Å². The summed E-state index contributed by atoms with van der Waals surface area (Å²) >= 11 is 0. The average molecular weight is 374 g/mol. The molecule has 1 fully saturated rings. The van der Waals surface area contributed by atoms with Crippen LogP contribution in [0.15, 0.2) is 42.4 Å². The lowest BCUT2D eigenvalue weighted by Gasteiger charge is -2.16.